The summed E-state index contributed by atoms with van der Waals surface area (Å²) < 4.78 is 30.6. The van der Waals surface area contributed by atoms with Crippen LogP contribution in [0.3, 0.4) is 0 Å². The van der Waals surface area contributed by atoms with Crippen molar-refractivity contribution in [3.8, 4) is 0 Å². The third-order valence-electron chi connectivity index (χ3n) is 5.64. The highest BCUT2D eigenvalue weighted by Crippen LogP contribution is 2.21. The van der Waals surface area contributed by atoms with E-state index in [2.05, 4.69) is 24.8 Å². The van der Waals surface area contributed by atoms with E-state index in [1.165, 1.54) is 6.07 Å². The van der Waals surface area contributed by atoms with Gasteiger partial charge in [-0.3, -0.25) is 9.52 Å². The maximum atomic E-state index is 13.0. The highest BCUT2D eigenvalue weighted by Gasteiger charge is 2.20. The molecule has 0 aliphatic carbocycles. The maximum absolute atomic E-state index is 13.0. The van der Waals surface area contributed by atoms with E-state index in [0.717, 1.165) is 49.4 Å². The molecule has 0 spiro atoms. The lowest BCUT2D eigenvalue weighted by Crippen LogP contribution is -2.25. The van der Waals surface area contributed by atoms with Gasteiger partial charge in [-0.2, -0.15) is 0 Å². The monoisotopic (exact) mass is 453 g/mol. The predicted molar refractivity (Wildman–Crippen MR) is 122 cm³/mol. The predicted octanol–water partition coefficient (Wildman–Crippen LogP) is 3.35. The van der Waals surface area contributed by atoms with Gasteiger partial charge in [0.25, 0.3) is 15.9 Å². The quantitative estimate of drug-likeness (QED) is 0.595. The average Bonchev–Trinajstić information content (AvgIpc) is 2.99. The lowest BCUT2D eigenvalue weighted by Gasteiger charge is -2.13. The van der Waals surface area contributed by atoms with E-state index in [1.54, 1.807) is 31.2 Å². The fraction of sp³-hybridized carbons (Fsp3) is 0.348. The highest BCUT2D eigenvalue weighted by atomic mass is 32.2. The van der Waals surface area contributed by atoms with Crippen LogP contribution in [0.5, 0.6) is 0 Å². The largest absolute Gasteiger partial charge is 0.345 e. The Bertz CT molecular complexity index is 1230. The number of amides is 1. The Morgan fingerprint density at radius 2 is 1.81 bits per heavy atom. The van der Waals surface area contributed by atoms with Crippen LogP contribution in [0.15, 0.2) is 47.4 Å². The third kappa shape index (κ3) is 4.83. The lowest BCUT2D eigenvalue weighted by atomic mass is 10.1. The Morgan fingerprint density at radius 1 is 1.03 bits per heavy atom. The molecule has 168 valence electrons. The normalized spacial score (nSPS) is 13.8. The molecule has 0 fully saturated rings. The average molecular weight is 454 g/mol. The molecule has 2 aromatic carbocycles. The number of nitrogens with zero attached hydrogens (tertiary/aromatic N) is 3. The maximum Gasteiger partial charge on any atom is 0.262 e. The number of carbonyl (C=O) groups is 1. The summed E-state index contributed by atoms with van der Waals surface area (Å²) in [7, 11) is -3.84. The second-order valence-corrected chi connectivity index (χ2v) is 9.78. The Balaban J connectivity index is 1.50. The van der Waals surface area contributed by atoms with E-state index < -0.39 is 10.0 Å². The molecule has 0 bridgehead atoms. The zero-order chi connectivity index (χ0) is 22.7. The summed E-state index contributed by atoms with van der Waals surface area (Å²) in [5.41, 5.74) is 2.34. The third-order valence-corrected chi connectivity index (χ3v) is 7.16. The van der Waals surface area contributed by atoms with Gasteiger partial charge in [0.15, 0.2) is 5.82 Å². The number of fused-ring (bicyclic) bond motifs is 1. The van der Waals surface area contributed by atoms with E-state index in [0.29, 0.717) is 11.3 Å². The first-order valence-electron chi connectivity index (χ1n) is 10.7. The van der Waals surface area contributed by atoms with Gasteiger partial charge >= 0.3 is 0 Å². The number of nitrogens with one attached hydrogen (secondary N) is 2. The molecule has 1 aliphatic heterocycles. The van der Waals surface area contributed by atoms with E-state index in [-0.39, 0.29) is 22.9 Å². The van der Waals surface area contributed by atoms with Crippen molar-refractivity contribution in [1.82, 2.24) is 20.1 Å². The molecule has 8 nitrogen and oxygen atoms in total. The van der Waals surface area contributed by atoms with Crippen LogP contribution in [0.4, 0.5) is 5.69 Å². The molecule has 0 saturated heterocycles. The first-order valence-corrected chi connectivity index (χ1v) is 12.2. The topological polar surface area (TPSA) is 106 Å². The van der Waals surface area contributed by atoms with E-state index in [9.17, 15) is 13.2 Å². The van der Waals surface area contributed by atoms with Gasteiger partial charge in [0.05, 0.1) is 11.4 Å². The lowest BCUT2D eigenvalue weighted by molar-refractivity contribution is 0.0949. The van der Waals surface area contributed by atoms with Crippen LogP contribution in [0.25, 0.3) is 0 Å². The number of hydrogen-bond acceptors (Lipinski definition) is 5. The first kappa shape index (κ1) is 22.0. The van der Waals surface area contributed by atoms with E-state index >= 15 is 0 Å². The van der Waals surface area contributed by atoms with Crippen LogP contribution in [0.2, 0.25) is 0 Å². The summed E-state index contributed by atoms with van der Waals surface area (Å²) in [4.78, 5) is 12.8. The van der Waals surface area contributed by atoms with Gasteiger partial charge in [0.1, 0.15) is 5.82 Å². The number of aryl methyl sites for hydroxylation is 3. The molecule has 0 atom stereocenters. The number of aromatic nitrogens is 3. The molecule has 3 aromatic rings. The van der Waals surface area contributed by atoms with Gasteiger partial charge < -0.3 is 9.88 Å². The molecule has 4 rings (SSSR count). The van der Waals surface area contributed by atoms with E-state index in [4.69, 9.17) is 0 Å². The molecule has 0 saturated carbocycles. The molecule has 0 unspecified atom stereocenters. The second kappa shape index (κ2) is 9.12. The van der Waals surface area contributed by atoms with Crippen molar-refractivity contribution in [2.75, 3.05) is 4.72 Å². The number of anilines is 1. The van der Waals surface area contributed by atoms with E-state index in [1.807, 2.05) is 19.1 Å². The van der Waals surface area contributed by atoms with Crippen molar-refractivity contribution >= 4 is 21.6 Å². The summed E-state index contributed by atoms with van der Waals surface area (Å²) >= 11 is 0. The fourth-order valence-corrected chi connectivity index (χ4v) is 5.13. The Hall–Kier alpha value is -3.20. The summed E-state index contributed by atoms with van der Waals surface area (Å²) in [6.07, 6.45) is 4.22. The molecule has 2 heterocycles. The van der Waals surface area contributed by atoms with Gasteiger partial charge in [-0.1, -0.05) is 30.2 Å². The minimum atomic E-state index is -3.84. The molecule has 1 aliphatic rings. The minimum Gasteiger partial charge on any atom is -0.345 e. The van der Waals surface area contributed by atoms with Gasteiger partial charge in [-0.05, 0) is 56.5 Å². The number of sulfonamides is 1. The molecule has 32 heavy (non-hydrogen) atoms. The molecule has 0 radical (unpaired) electrons. The van der Waals surface area contributed by atoms with Crippen LogP contribution < -0.4 is 10.0 Å². The summed E-state index contributed by atoms with van der Waals surface area (Å²) in [6, 6.07) is 11.8. The van der Waals surface area contributed by atoms with Gasteiger partial charge in [-0.15, -0.1) is 10.2 Å². The number of carbonyl (C=O) groups excluding carboxylic acids is 1. The number of rotatable bonds is 6. The molecular weight excluding hydrogens is 426 g/mol. The zero-order valence-electron chi connectivity index (χ0n) is 18.3. The Morgan fingerprint density at radius 3 is 2.59 bits per heavy atom. The zero-order valence-corrected chi connectivity index (χ0v) is 19.1. The van der Waals surface area contributed by atoms with Gasteiger partial charge in [-0.25, -0.2) is 8.42 Å². The van der Waals surface area contributed by atoms with Crippen LogP contribution in [0, 0.1) is 13.8 Å². The SMILES string of the molecule is Cc1ccc(NS(=O)(=O)c2cc(C(=O)NCc3nnc4n3CCCCC4)ccc2C)cc1. The molecule has 1 amide bonds. The molecule has 1 aromatic heterocycles. The molecule has 2 N–H and O–H groups in total. The summed E-state index contributed by atoms with van der Waals surface area (Å²) in [6.45, 7) is 4.73. The highest BCUT2D eigenvalue weighted by molar-refractivity contribution is 7.92. The first-order chi connectivity index (χ1) is 15.3. The van der Waals surface area contributed by atoms with Crippen LogP contribution in [-0.2, 0) is 29.5 Å². The standard InChI is InChI=1S/C23H27N5O3S/c1-16-7-11-19(12-8-16)27-32(30,31)20-14-18(10-9-17(20)2)23(29)24-15-22-26-25-21-6-4-3-5-13-28(21)22/h7-12,14,27H,3-6,13,15H2,1-2H3,(H,24,29). The van der Waals surface area contributed by atoms with Crippen molar-refractivity contribution in [3.05, 3.63) is 70.8 Å². The molecule has 9 heteroatoms. The van der Waals surface area contributed by atoms with Gasteiger partial charge in [0.2, 0.25) is 0 Å². The fourth-order valence-electron chi connectivity index (χ4n) is 3.80. The van der Waals surface area contributed by atoms with Crippen LogP contribution in [-0.4, -0.2) is 29.1 Å². The summed E-state index contributed by atoms with van der Waals surface area (Å²) in [5, 5.41) is 11.3. The number of hydrogen-bond donors (Lipinski definition) is 2. The van der Waals surface area contributed by atoms with Crippen molar-refractivity contribution < 1.29 is 13.2 Å². The number of benzene rings is 2. The summed E-state index contributed by atoms with van der Waals surface area (Å²) in [5.74, 6) is 1.32. The van der Waals surface area contributed by atoms with Gasteiger partial charge in [0, 0.05) is 24.2 Å². The van der Waals surface area contributed by atoms with Crippen LogP contribution >= 0.6 is 0 Å². The van der Waals surface area contributed by atoms with Crippen molar-refractivity contribution in [3.63, 3.8) is 0 Å². The van der Waals surface area contributed by atoms with Crippen molar-refractivity contribution in [2.45, 2.75) is 57.5 Å². The Kier molecular flexibility index (Phi) is 6.27. The van der Waals surface area contributed by atoms with Crippen molar-refractivity contribution in [1.29, 1.82) is 0 Å². The smallest absolute Gasteiger partial charge is 0.262 e. The second-order valence-electron chi connectivity index (χ2n) is 8.13. The Labute approximate surface area is 188 Å². The molecular formula is C23H27N5O3S. The van der Waals surface area contributed by atoms with Crippen molar-refractivity contribution in [2.24, 2.45) is 0 Å². The minimum absolute atomic E-state index is 0.0714. The van der Waals surface area contributed by atoms with Crippen LogP contribution in [0.1, 0.15) is 52.4 Å².